The summed E-state index contributed by atoms with van der Waals surface area (Å²) in [6, 6.07) is 8.51. The van der Waals surface area contributed by atoms with Crippen LogP contribution < -0.4 is 5.32 Å². The summed E-state index contributed by atoms with van der Waals surface area (Å²) in [6.45, 7) is 5.23. The second-order valence-corrected chi connectivity index (χ2v) is 6.93. The fourth-order valence-electron chi connectivity index (χ4n) is 1.85. The van der Waals surface area contributed by atoms with Crippen LogP contribution in [0.2, 0.25) is 10.0 Å². The molecule has 1 unspecified atom stereocenters. The standard InChI is InChI=1S/C14H14BrCl2NS/c1-3-18-8(2)11-6-7-12(19-11)9-4-5-10(15)14(17)13(9)16/h4-8,18H,3H2,1-2H3. The first-order valence-corrected chi connectivity index (χ1v) is 8.38. The molecule has 0 aliphatic carbocycles. The lowest BCUT2D eigenvalue weighted by molar-refractivity contribution is 0.607. The van der Waals surface area contributed by atoms with E-state index in [9.17, 15) is 0 Å². The van der Waals surface area contributed by atoms with Gasteiger partial charge in [-0.05, 0) is 47.6 Å². The van der Waals surface area contributed by atoms with Gasteiger partial charge in [-0.3, -0.25) is 0 Å². The van der Waals surface area contributed by atoms with Crippen LogP contribution in [-0.2, 0) is 0 Å². The molecule has 102 valence electrons. The van der Waals surface area contributed by atoms with Crippen molar-refractivity contribution >= 4 is 50.5 Å². The predicted octanol–water partition coefficient (Wildman–Crippen LogP) is 6.15. The zero-order valence-electron chi connectivity index (χ0n) is 10.6. The molecule has 1 aromatic carbocycles. The van der Waals surface area contributed by atoms with E-state index < -0.39 is 0 Å². The topological polar surface area (TPSA) is 12.0 Å². The van der Waals surface area contributed by atoms with Gasteiger partial charge in [-0.25, -0.2) is 0 Å². The van der Waals surface area contributed by atoms with Crippen LogP contribution in [0.5, 0.6) is 0 Å². The Morgan fingerprint density at radius 2 is 1.95 bits per heavy atom. The van der Waals surface area contributed by atoms with Crippen molar-refractivity contribution in [3.05, 3.63) is 43.7 Å². The molecule has 1 N–H and O–H groups in total. The molecule has 0 saturated heterocycles. The van der Waals surface area contributed by atoms with Crippen molar-refractivity contribution in [1.29, 1.82) is 0 Å². The minimum Gasteiger partial charge on any atom is -0.310 e. The maximum Gasteiger partial charge on any atom is 0.0740 e. The van der Waals surface area contributed by atoms with Crippen LogP contribution in [0.25, 0.3) is 10.4 Å². The van der Waals surface area contributed by atoms with Crippen molar-refractivity contribution in [2.24, 2.45) is 0 Å². The first kappa shape index (κ1) is 15.3. The lowest BCUT2D eigenvalue weighted by Gasteiger charge is -2.09. The lowest BCUT2D eigenvalue weighted by atomic mass is 10.2. The van der Waals surface area contributed by atoms with Crippen molar-refractivity contribution in [2.75, 3.05) is 6.54 Å². The normalized spacial score (nSPS) is 12.7. The molecule has 1 atom stereocenters. The molecule has 2 rings (SSSR count). The molecular formula is C14H14BrCl2NS. The van der Waals surface area contributed by atoms with Gasteiger partial charge in [0, 0.05) is 25.8 Å². The minimum absolute atomic E-state index is 0.355. The minimum atomic E-state index is 0.355. The molecule has 0 amide bonds. The van der Waals surface area contributed by atoms with Gasteiger partial charge < -0.3 is 5.32 Å². The van der Waals surface area contributed by atoms with Crippen LogP contribution in [0.4, 0.5) is 0 Å². The largest absolute Gasteiger partial charge is 0.310 e. The molecule has 5 heteroatoms. The van der Waals surface area contributed by atoms with E-state index in [1.807, 2.05) is 12.1 Å². The number of nitrogens with one attached hydrogen (secondary N) is 1. The quantitative estimate of drug-likeness (QED) is 0.628. The van der Waals surface area contributed by atoms with Crippen molar-refractivity contribution < 1.29 is 0 Å². The number of halogens is 3. The molecule has 1 heterocycles. The molecule has 0 fully saturated rings. The van der Waals surface area contributed by atoms with Crippen molar-refractivity contribution in [2.45, 2.75) is 19.9 Å². The molecule has 0 saturated carbocycles. The summed E-state index contributed by atoms with van der Waals surface area (Å²) in [5.74, 6) is 0. The van der Waals surface area contributed by atoms with E-state index in [-0.39, 0.29) is 0 Å². The van der Waals surface area contributed by atoms with E-state index in [2.05, 4.69) is 47.2 Å². The van der Waals surface area contributed by atoms with E-state index in [0.29, 0.717) is 16.1 Å². The predicted molar refractivity (Wildman–Crippen MR) is 89.6 cm³/mol. The Kier molecular flexibility index (Phi) is 5.32. The van der Waals surface area contributed by atoms with E-state index in [0.717, 1.165) is 21.5 Å². The highest BCUT2D eigenvalue weighted by Gasteiger charge is 2.13. The van der Waals surface area contributed by atoms with Crippen LogP contribution in [0, 0.1) is 0 Å². The molecule has 1 aromatic heterocycles. The molecule has 0 aliphatic rings. The molecule has 19 heavy (non-hydrogen) atoms. The Morgan fingerprint density at radius 1 is 1.21 bits per heavy atom. The Bertz CT molecular complexity index is 583. The van der Waals surface area contributed by atoms with E-state index >= 15 is 0 Å². The SMILES string of the molecule is CCNC(C)c1ccc(-c2ccc(Br)c(Cl)c2Cl)s1. The third-order valence-corrected chi connectivity index (χ3v) is 5.94. The van der Waals surface area contributed by atoms with Crippen LogP contribution in [-0.4, -0.2) is 6.54 Å². The molecule has 2 aromatic rings. The van der Waals surface area contributed by atoms with E-state index in [1.165, 1.54) is 4.88 Å². The smallest absolute Gasteiger partial charge is 0.0740 e. The van der Waals surface area contributed by atoms with Gasteiger partial charge in [0.05, 0.1) is 10.0 Å². The number of rotatable bonds is 4. The van der Waals surface area contributed by atoms with Gasteiger partial charge in [-0.15, -0.1) is 11.3 Å². The van der Waals surface area contributed by atoms with Crippen molar-refractivity contribution in [3.8, 4) is 10.4 Å². The number of thiophene rings is 1. The highest BCUT2D eigenvalue weighted by Crippen LogP contribution is 2.41. The summed E-state index contributed by atoms with van der Waals surface area (Å²) in [6.07, 6.45) is 0. The van der Waals surface area contributed by atoms with Gasteiger partial charge in [0.2, 0.25) is 0 Å². The van der Waals surface area contributed by atoms with Crippen molar-refractivity contribution in [3.63, 3.8) is 0 Å². The number of hydrogen-bond donors (Lipinski definition) is 1. The summed E-state index contributed by atoms with van der Waals surface area (Å²) in [5.41, 5.74) is 0.981. The molecule has 0 radical (unpaired) electrons. The highest BCUT2D eigenvalue weighted by atomic mass is 79.9. The first-order chi connectivity index (χ1) is 9.04. The number of hydrogen-bond acceptors (Lipinski definition) is 2. The zero-order valence-corrected chi connectivity index (χ0v) is 14.6. The summed E-state index contributed by atoms with van der Waals surface area (Å²) in [4.78, 5) is 2.44. The van der Waals surface area contributed by atoms with Crippen LogP contribution in [0.15, 0.2) is 28.7 Å². The van der Waals surface area contributed by atoms with Gasteiger partial charge >= 0.3 is 0 Å². The third kappa shape index (κ3) is 3.34. The Labute approximate surface area is 136 Å². The zero-order chi connectivity index (χ0) is 14.0. The summed E-state index contributed by atoms with van der Waals surface area (Å²) < 4.78 is 0.820. The average Bonchev–Trinajstić information content (AvgIpc) is 2.86. The van der Waals surface area contributed by atoms with Gasteiger partial charge in [-0.2, -0.15) is 0 Å². The van der Waals surface area contributed by atoms with Gasteiger partial charge in [0.15, 0.2) is 0 Å². The Hall–Kier alpha value is -0.0600. The van der Waals surface area contributed by atoms with Crippen molar-refractivity contribution in [1.82, 2.24) is 5.32 Å². The van der Waals surface area contributed by atoms with Crippen LogP contribution >= 0.6 is 50.5 Å². The maximum absolute atomic E-state index is 6.31. The van der Waals surface area contributed by atoms with Crippen LogP contribution in [0.3, 0.4) is 0 Å². The summed E-state index contributed by atoms with van der Waals surface area (Å²) >= 11 is 17.6. The maximum atomic E-state index is 6.31. The van der Waals surface area contributed by atoms with Crippen LogP contribution in [0.1, 0.15) is 24.8 Å². The average molecular weight is 379 g/mol. The fourth-order valence-corrected chi connectivity index (χ4v) is 3.85. The number of benzene rings is 1. The summed E-state index contributed by atoms with van der Waals surface area (Å²) in [7, 11) is 0. The Balaban J connectivity index is 2.36. The van der Waals surface area contributed by atoms with Gasteiger partial charge in [0.1, 0.15) is 0 Å². The second-order valence-electron chi connectivity index (χ2n) is 4.20. The highest BCUT2D eigenvalue weighted by molar-refractivity contribution is 9.10. The molecule has 0 aliphatic heterocycles. The second kappa shape index (κ2) is 6.59. The first-order valence-electron chi connectivity index (χ1n) is 6.01. The fraction of sp³-hybridized carbons (Fsp3) is 0.286. The van der Waals surface area contributed by atoms with Gasteiger partial charge in [0.25, 0.3) is 0 Å². The lowest BCUT2D eigenvalue weighted by Crippen LogP contribution is -2.16. The molecule has 0 spiro atoms. The Morgan fingerprint density at radius 3 is 2.63 bits per heavy atom. The third-order valence-electron chi connectivity index (χ3n) is 2.86. The van der Waals surface area contributed by atoms with E-state index in [1.54, 1.807) is 11.3 Å². The monoisotopic (exact) mass is 377 g/mol. The van der Waals surface area contributed by atoms with Gasteiger partial charge in [-0.1, -0.05) is 36.2 Å². The molecule has 0 bridgehead atoms. The molecule has 1 nitrogen and oxygen atoms in total. The molecular weight excluding hydrogens is 365 g/mol. The van der Waals surface area contributed by atoms with E-state index in [4.69, 9.17) is 23.2 Å². The summed E-state index contributed by atoms with van der Waals surface area (Å²) in [5, 5.41) is 4.57.